The van der Waals surface area contributed by atoms with Gasteiger partial charge in [0.25, 0.3) is 0 Å². The summed E-state index contributed by atoms with van der Waals surface area (Å²) in [6.07, 6.45) is 11.5. The van der Waals surface area contributed by atoms with Crippen LogP contribution in [0.2, 0.25) is 0 Å². The molecule has 4 rings (SSSR count). The van der Waals surface area contributed by atoms with Crippen molar-refractivity contribution in [2.75, 3.05) is 6.54 Å². The normalized spacial score (nSPS) is 25.6. The molecule has 1 saturated carbocycles. The van der Waals surface area contributed by atoms with E-state index in [2.05, 4.69) is 42.1 Å². The molecule has 2 aliphatic carbocycles. The van der Waals surface area contributed by atoms with Crippen LogP contribution in [0, 0.1) is 29.6 Å². The van der Waals surface area contributed by atoms with Crippen molar-refractivity contribution in [3.05, 3.63) is 35.9 Å². The fourth-order valence-electron chi connectivity index (χ4n) is 4.78. The number of carbonyl (C=O) groups is 1. The molecule has 0 bridgehead atoms. The van der Waals surface area contributed by atoms with Crippen molar-refractivity contribution in [3.8, 4) is 0 Å². The van der Waals surface area contributed by atoms with Gasteiger partial charge >= 0.3 is 0 Å². The monoisotopic (exact) mass is 380 g/mol. The maximum atomic E-state index is 12.3. The number of nitrogens with zero attached hydrogens (tertiary/aromatic N) is 2. The molecule has 0 radical (unpaired) electrons. The van der Waals surface area contributed by atoms with Crippen LogP contribution in [-0.2, 0) is 11.2 Å². The van der Waals surface area contributed by atoms with Gasteiger partial charge in [0.1, 0.15) is 5.82 Å². The molecule has 2 aliphatic rings. The largest absolute Gasteiger partial charge is 0.355 e. The third kappa shape index (κ3) is 3.98. The fourth-order valence-corrected chi connectivity index (χ4v) is 4.78. The van der Waals surface area contributed by atoms with Crippen LogP contribution in [0.3, 0.4) is 0 Å². The summed E-state index contributed by atoms with van der Waals surface area (Å²) in [5.74, 6) is 3.68. The van der Waals surface area contributed by atoms with Crippen LogP contribution < -0.4 is 5.32 Å². The molecule has 0 aliphatic heterocycles. The maximum Gasteiger partial charge on any atom is 0.223 e. The van der Waals surface area contributed by atoms with E-state index in [0.29, 0.717) is 23.7 Å². The molecule has 0 saturated heterocycles. The van der Waals surface area contributed by atoms with E-state index in [1.165, 1.54) is 12.0 Å². The molecular formula is C23H32N4O. The first-order valence-corrected chi connectivity index (χ1v) is 10.8. The SMILES string of the molecule is CC1=C[C@@H](CNC(=O)C2CCC2)[C@H](C(C)C)C[C@H]1Cc1nc2ccncc2[nH]1. The number of pyridine rings is 1. The fraction of sp³-hybridized carbons (Fsp3) is 0.609. The summed E-state index contributed by atoms with van der Waals surface area (Å²) < 4.78 is 0. The topological polar surface area (TPSA) is 70.7 Å². The molecule has 28 heavy (non-hydrogen) atoms. The molecule has 1 amide bonds. The highest BCUT2D eigenvalue weighted by molar-refractivity contribution is 5.79. The molecular weight excluding hydrogens is 348 g/mol. The van der Waals surface area contributed by atoms with Crippen molar-refractivity contribution in [1.82, 2.24) is 20.3 Å². The summed E-state index contributed by atoms with van der Waals surface area (Å²) >= 11 is 0. The Balaban J connectivity index is 1.45. The number of hydrogen-bond acceptors (Lipinski definition) is 3. The Kier molecular flexibility index (Phi) is 5.51. The summed E-state index contributed by atoms with van der Waals surface area (Å²) in [4.78, 5) is 24.6. The molecule has 1 fully saturated rings. The maximum absolute atomic E-state index is 12.3. The summed E-state index contributed by atoms with van der Waals surface area (Å²) in [6, 6.07) is 1.96. The molecule has 3 atom stereocenters. The number of amides is 1. The molecule has 5 heteroatoms. The first-order chi connectivity index (χ1) is 13.5. The van der Waals surface area contributed by atoms with Gasteiger partial charge in [-0.3, -0.25) is 9.78 Å². The van der Waals surface area contributed by atoms with E-state index >= 15 is 0 Å². The second kappa shape index (κ2) is 8.06. The van der Waals surface area contributed by atoms with Crippen LogP contribution >= 0.6 is 0 Å². The van der Waals surface area contributed by atoms with Crippen molar-refractivity contribution < 1.29 is 4.79 Å². The zero-order valence-electron chi connectivity index (χ0n) is 17.2. The van der Waals surface area contributed by atoms with Gasteiger partial charge in [0.15, 0.2) is 0 Å². The quantitative estimate of drug-likeness (QED) is 0.735. The van der Waals surface area contributed by atoms with Crippen LogP contribution in [0.5, 0.6) is 0 Å². The number of nitrogens with one attached hydrogen (secondary N) is 2. The third-order valence-corrected chi connectivity index (χ3v) is 6.84. The Labute approximate surface area is 167 Å². The Morgan fingerprint density at radius 3 is 2.86 bits per heavy atom. The van der Waals surface area contributed by atoms with E-state index < -0.39 is 0 Å². The first-order valence-electron chi connectivity index (χ1n) is 10.8. The van der Waals surface area contributed by atoms with Crippen LogP contribution in [0.15, 0.2) is 30.1 Å². The van der Waals surface area contributed by atoms with E-state index in [-0.39, 0.29) is 11.8 Å². The van der Waals surface area contributed by atoms with Gasteiger partial charge in [-0.05, 0) is 55.9 Å². The smallest absolute Gasteiger partial charge is 0.223 e. The van der Waals surface area contributed by atoms with Crippen LogP contribution in [0.1, 0.15) is 52.3 Å². The number of rotatable bonds is 6. The van der Waals surface area contributed by atoms with Gasteiger partial charge in [0, 0.05) is 25.1 Å². The van der Waals surface area contributed by atoms with Gasteiger partial charge in [-0.15, -0.1) is 0 Å². The average Bonchev–Trinajstić information content (AvgIpc) is 3.02. The van der Waals surface area contributed by atoms with Crippen LogP contribution in [0.25, 0.3) is 11.0 Å². The highest BCUT2D eigenvalue weighted by Gasteiger charge is 2.33. The van der Waals surface area contributed by atoms with Crippen LogP contribution in [-0.4, -0.2) is 27.4 Å². The highest BCUT2D eigenvalue weighted by atomic mass is 16.1. The highest BCUT2D eigenvalue weighted by Crippen LogP contribution is 2.38. The van der Waals surface area contributed by atoms with Crippen molar-refractivity contribution >= 4 is 16.9 Å². The number of allylic oxidation sites excluding steroid dienone is 1. The van der Waals surface area contributed by atoms with E-state index in [1.54, 1.807) is 6.20 Å². The van der Waals surface area contributed by atoms with Crippen molar-refractivity contribution in [2.24, 2.45) is 29.6 Å². The minimum atomic E-state index is 0.262. The van der Waals surface area contributed by atoms with Gasteiger partial charge in [-0.1, -0.05) is 31.9 Å². The Bertz CT molecular complexity index is 831. The molecule has 2 aromatic rings. The molecule has 0 unspecified atom stereocenters. The van der Waals surface area contributed by atoms with E-state index in [1.807, 2.05) is 12.3 Å². The van der Waals surface area contributed by atoms with Crippen molar-refractivity contribution in [2.45, 2.75) is 52.9 Å². The molecule has 2 N–H and O–H groups in total. The zero-order valence-corrected chi connectivity index (χ0v) is 17.2. The summed E-state index contributed by atoms with van der Waals surface area (Å²) in [5.41, 5.74) is 3.42. The minimum absolute atomic E-state index is 0.262. The average molecular weight is 381 g/mol. The third-order valence-electron chi connectivity index (χ3n) is 6.84. The van der Waals surface area contributed by atoms with Gasteiger partial charge in [0.05, 0.1) is 17.2 Å². The number of carbonyl (C=O) groups excluding carboxylic acids is 1. The Morgan fingerprint density at radius 2 is 2.18 bits per heavy atom. The molecule has 150 valence electrons. The molecule has 2 aromatic heterocycles. The standard InChI is InChI=1S/C23H32N4O/c1-14(2)19-10-17(11-22-26-20-7-8-24-13-21(20)27-22)15(3)9-18(19)12-25-23(28)16-5-4-6-16/h7-9,13-14,16-19H,4-6,10-12H2,1-3H3,(H,25,28)(H,26,27)/t17-,18-,19-/m0/s1. The van der Waals surface area contributed by atoms with E-state index in [9.17, 15) is 4.79 Å². The minimum Gasteiger partial charge on any atom is -0.355 e. The lowest BCUT2D eigenvalue weighted by Gasteiger charge is -2.37. The predicted octanol–water partition coefficient (Wildman–Crippen LogP) is 4.27. The number of hydrogen-bond donors (Lipinski definition) is 2. The van der Waals surface area contributed by atoms with E-state index in [4.69, 9.17) is 4.98 Å². The van der Waals surface area contributed by atoms with Gasteiger partial charge < -0.3 is 10.3 Å². The van der Waals surface area contributed by atoms with E-state index in [0.717, 1.165) is 49.1 Å². The number of fused-ring (bicyclic) bond motifs is 1. The number of H-pyrrole nitrogens is 1. The van der Waals surface area contributed by atoms with Crippen LogP contribution in [0.4, 0.5) is 0 Å². The Hall–Kier alpha value is -2.17. The Morgan fingerprint density at radius 1 is 1.36 bits per heavy atom. The second-order valence-corrected chi connectivity index (χ2v) is 9.07. The summed E-state index contributed by atoms with van der Waals surface area (Å²) in [7, 11) is 0. The lowest BCUT2D eigenvalue weighted by molar-refractivity contribution is -0.127. The first kappa shape index (κ1) is 19.2. The summed E-state index contributed by atoms with van der Waals surface area (Å²) in [5, 5.41) is 3.23. The number of aromatic nitrogens is 3. The molecule has 5 nitrogen and oxygen atoms in total. The number of imidazole rings is 1. The van der Waals surface area contributed by atoms with Gasteiger partial charge in [0.2, 0.25) is 5.91 Å². The van der Waals surface area contributed by atoms with Crippen molar-refractivity contribution in [3.63, 3.8) is 0 Å². The molecule has 0 aromatic carbocycles. The van der Waals surface area contributed by atoms with Gasteiger partial charge in [-0.25, -0.2) is 4.98 Å². The molecule has 2 heterocycles. The second-order valence-electron chi connectivity index (χ2n) is 9.07. The van der Waals surface area contributed by atoms with Crippen molar-refractivity contribution in [1.29, 1.82) is 0 Å². The summed E-state index contributed by atoms with van der Waals surface area (Å²) in [6.45, 7) is 7.64. The predicted molar refractivity (Wildman–Crippen MR) is 112 cm³/mol. The van der Waals surface area contributed by atoms with Gasteiger partial charge in [-0.2, -0.15) is 0 Å². The zero-order chi connectivity index (χ0) is 19.7. The lowest BCUT2D eigenvalue weighted by Crippen LogP contribution is -2.40. The molecule has 0 spiro atoms. The number of aromatic amines is 1. The lowest BCUT2D eigenvalue weighted by atomic mass is 9.69.